The average Bonchev–Trinajstić information content (AvgIpc) is 3.15. The van der Waals surface area contributed by atoms with Gasteiger partial charge in [0.25, 0.3) is 5.91 Å². The van der Waals surface area contributed by atoms with Crippen LogP contribution in [0.15, 0.2) is 66.0 Å². The topological polar surface area (TPSA) is 64.1 Å². The van der Waals surface area contributed by atoms with Gasteiger partial charge in [0, 0.05) is 16.3 Å². The molecule has 1 N–H and O–H groups in total. The quantitative estimate of drug-likeness (QED) is 0.576. The maximum absolute atomic E-state index is 12.5. The van der Waals surface area contributed by atoms with E-state index in [1.54, 1.807) is 13.2 Å². The summed E-state index contributed by atoms with van der Waals surface area (Å²) in [5.41, 5.74) is 2.79. The van der Waals surface area contributed by atoms with Crippen LogP contribution in [0.3, 0.4) is 0 Å². The third-order valence-corrected chi connectivity index (χ3v) is 4.70. The zero-order valence-corrected chi connectivity index (χ0v) is 14.8. The highest BCUT2D eigenvalue weighted by atomic mass is 32.1. The van der Waals surface area contributed by atoms with Crippen LogP contribution in [0.4, 0.5) is 5.13 Å². The minimum absolute atomic E-state index is 0.281. The highest BCUT2D eigenvalue weighted by Crippen LogP contribution is 2.32. The number of thiazole rings is 1. The first-order valence-corrected chi connectivity index (χ1v) is 8.88. The van der Waals surface area contributed by atoms with E-state index in [1.807, 2.05) is 60.0 Å². The van der Waals surface area contributed by atoms with E-state index in [0.29, 0.717) is 10.8 Å². The van der Waals surface area contributed by atoms with E-state index in [1.165, 1.54) is 11.3 Å². The van der Waals surface area contributed by atoms with Crippen molar-refractivity contribution in [2.75, 3.05) is 12.4 Å². The van der Waals surface area contributed by atoms with Gasteiger partial charge in [0.2, 0.25) is 0 Å². The van der Waals surface area contributed by atoms with Crippen LogP contribution >= 0.6 is 11.3 Å². The summed E-state index contributed by atoms with van der Waals surface area (Å²) in [5, 5.41) is 6.22. The highest BCUT2D eigenvalue weighted by Gasteiger charge is 2.13. The predicted molar refractivity (Wildman–Crippen MR) is 104 cm³/mol. The van der Waals surface area contributed by atoms with E-state index in [2.05, 4.69) is 15.3 Å². The third-order valence-electron chi connectivity index (χ3n) is 3.94. The van der Waals surface area contributed by atoms with E-state index in [4.69, 9.17) is 4.74 Å². The van der Waals surface area contributed by atoms with Gasteiger partial charge >= 0.3 is 0 Å². The summed E-state index contributed by atoms with van der Waals surface area (Å²) in [6, 6.07) is 18.9. The zero-order valence-electron chi connectivity index (χ0n) is 14.0. The maximum atomic E-state index is 12.5. The molecule has 0 fully saturated rings. The average molecular weight is 361 g/mol. The summed E-state index contributed by atoms with van der Waals surface area (Å²) < 4.78 is 5.37. The minimum atomic E-state index is -0.281. The molecule has 0 saturated carbocycles. The zero-order chi connectivity index (χ0) is 17.9. The van der Waals surface area contributed by atoms with Gasteiger partial charge in [-0.2, -0.15) is 0 Å². The number of anilines is 1. The van der Waals surface area contributed by atoms with Gasteiger partial charge in [0.1, 0.15) is 11.4 Å². The number of rotatable bonds is 4. The van der Waals surface area contributed by atoms with Crippen molar-refractivity contribution in [2.45, 2.75) is 0 Å². The monoisotopic (exact) mass is 361 g/mol. The fourth-order valence-corrected chi connectivity index (χ4v) is 3.37. The Labute approximate surface area is 154 Å². The Morgan fingerprint density at radius 2 is 1.81 bits per heavy atom. The molecule has 1 amide bonds. The van der Waals surface area contributed by atoms with Gasteiger partial charge in [0.05, 0.1) is 18.3 Å². The number of carbonyl (C=O) groups is 1. The Hall–Kier alpha value is -3.25. The van der Waals surface area contributed by atoms with E-state index >= 15 is 0 Å². The van der Waals surface area contributed by atoms with E-state index in [9.17, 15) is 4.79 Å². The van der Waals surface area contributed by atoms with Gasteiger partial charge in [-0.25, -0.2) is 9.97 Å². The Morgan fingerprint density at radius 3 is 2.69 bits per heavy atom. The molecular weight excluding hydrogens is 346 g/mol. The summed E-state index contributed by atoms with van der Waals surface area (Å²) in [6.07, 6.45) is 0. The summed E-state index contributed by atoms with van der Waals surface area (Å²) in [6.45, 7) is 0. The van der Waals surface area contributed by atoms with Crippen molar-refractivity contribution in [1.82, 2.24) is 9.97 Å². The lowest BCUT2D eigenvalue weighted by Crippen LogP contribution is -2.13. The van der Waals surface area contributed by atoms with Gasteiger partial charge < -0.3 is 4.74 Å². The molecule has 2 aromatic heterocycles. The second kappa shape index (κ2) is 6.93. The Bertz CT molecular complexity index is 1090. The Balaban J connectivity index is 1.57. The van der Waals surface area contributed by atoms with Crippen LogP contribution in [0, 0.1) is 0 Å². The fourth-order valence-electron chi connectivity index (χ4n) is 2.66. The maximum Gasteiger partial charge on any atom is 0.276 e. The molecule has 0 spiro atoms. The second-order valence-electron chi connectivity index (χ2n) is 5.58. The molecule has 0 aliphatic carbocycles. The van der Waals surface area contributed by atoms with Crippen molar-refractivity contribution >= 4 is 33.3 Å². The second-order valence-corrected chi connectivity index (χ2v) is 6.44. The molecule has 0 aliphatic rings. The predicted octanol–water partition coefficient (Wildman–Crippen LogP) is 4.62. The molecule has 2 aromatic carbocycles. The number of pyridine rings is 1. The summed E-state index contributed by atoms with van der Waals surface area (Å²) in [5.74, 6) is 0.462. The third kappa shape index (κ3) is 3.14. The normalized spacial score (nSPS) is 10.7. The first-order chi connectivity index (χ1) is 12.7. The SMILES string of the molecule is COc1ccccc1-c1csc(NC(=O)c2ccc3ccccc3n2)n1. The Kier molecular flexibility index (Phi) is 4.33. The lowest BCUT2D eigenvalue weighted by molar-refractivity contribution is 0.102. The number of para-hydroxylation sites is 2. The molecule has 0 saturated heterocycles. The summed E-state index contributed by atoms with van der Waals surface area (Å²) in [4.78, 5) is 21.4. The number of carbonyl (C=O) groups excluding carboxylic acids is 1. The number of benzene rings is 2. The van der Waals surface area contributed by atoms with Crippen LogP contribution < -0.4 is 10.1 Å². The van der Waals surface area contributed by atoms with Gasteiger partial charge in [-0.05, 0) is 24.3 Å². The van der Waals surface area contributed by atoms with Crippen molar-refractivity contribution in [3.63, 3.8) is 0 Å². The van der Waals surface area contributed by atoms with Crippen molar-refractivity contribution in [3.8, 4) is 17.0 Å². The number of ether oxygens (including phenoxy) is 1. The van der Waals surface area contributed by atoms with Gasteiger partial charge in [-0.3, -0.25) is 10.1 Å². The lowest BCUT2D eigenvalue weighted by Gasteiger charge is -2.05. The van der Waals surface area contributed by atoms with Crippen LogP contribution in [0.2, 0.25) is 0 Å². The molecule has 0 bridgehead atoms. The van der Waals surface area contributed by atoms with Crippen molar-refractivity contribution in [3.05, 3.63) is 71.7 Å². The molecule has 4 rings (SSSR count). The van der Waals surface area contributed by atoms with E-state index in [0.717, 1.165) is 27.9 Å². The first kappa shape index (κ1) is 16.2. The number of fused-ring (bicyclic) bond motifs is 1. The number of aromatic nitrogens is 2. The summed E-state index contributed by atoms with van der Waals surface area (Å²) >= 11 is 1.36. The molecule has 5 nitrogen and oxygen atoms in total. The van der Waals surface area contributed by atoms with Gasteiger partial charge in [0.15, 0.2) is 5.13 Å². The van der Waals surface area contributed by atoms with Crippen molar-refractivity contribution in [2.24, 2.45) is 0 Å². The van der Waals surface area contributed by atoms with Crippen LogP contribution in [-0.4, -0.2) is 23.0 Å². The number of nitrogens with one attached hydrogen (secondary N) is 1. The number of hydrogen-bond donors (Lipinski definition) is 1. The van der Waals surface area contributed by atoms with Crippen LogP contribution in [-0.2, 0) is 0 Å². The van der Waals surface area contributed by atoms with Gasteiger partial charge in [-0.15, -0.1) is 11.3 Å². The fraction of sp³-hybridized carbons (Fsp3) is 0.0500. The van der Waals surface area contributed by atoms with Gasteiger partial charge in [-0.1, -0.05) is 36.4 Å². The molecule has 128 valence electrons. The smallest absolute Gasteiger partial charge is 0.276 e. The number of nitrogens with zero attached hydrogens (tertiary/aromatic N) is 2. The largest absolute Gasteiger partial charge is 0.496 e. The molecule has 0 aliphatic heterocycles. The molecule has 26 heavy (non-hydrogen) atoms. The van der Waals surface area contributed by atoms with Crippen molar-refractivity contribution in [1.29, 1.82) is 0 Å². The standard InChI is InChI=1S/C20H15N3O2S/c1-25-18-9-5-3-7-14(18)17-12-26-20(22-17)23-19(24)16-11-10-13-6-2-4-8-15(13)21-16/h2-12H,1H3,(H,22,23,24). The molecule has 0 radical (unpaired) electrons. The number of amides is 1. The van der Waals surface area contributed by atoms with E-state index < -0.39 is 0 Å². The highest BCUT2D eigenvalue weighted by molar-refractivity contribution is 7.14. The number of hydrogen-bond acceptors (Lipinski definition) is 5. The Morgan fingerprint density at radius 1 is 1.00 bits per heavy atom. The molecule has 2 heterocycles. The molecule has 0 unspecified atom stereocenters. The van der Waals surface area contributed by atoms with E-state index in [-0.39, 0.29) is 5.91 Å². The van der Waals surface area contributed by atoms with Crippen LogP contribution in [0.25, 0.3) is 22.2 Å². The number of methoxy groups -OCH3 is 1. The lowest BCUT2D eigenvalue weighted by atomic mass is 10.1. The summed E-state index contributed by atoms with van der Waals surface area (Å²) in [7, 11) is 1.62. The van der Waals surface area contributed by atoms with Crippen LogP contribution in [0.5, 0.6) is 5.75 Å². The first-order valence-electron chi connectivity index (χ1n) is 8.00. The molecule has 0 atom stereocenters. The minimum Gasteiger partial charge on any atom is -0.496 e. The molecule has 4 aromatic rings. The van der Waals surface area contributed by atoms with Crippen LogP contribution in [0.1, 0.15) is 10.5 Å². The van der Waals surface area contributed by atoms with Crippen molar-refractivity contribution < 1.29 is 9.53 Å². The molecule has 6 heteroatoms. The molecular formula is C20H15N3O2S.